The van der Waals surface area contributed by atoms with Gasteiger partial charge in [-0.2, -0.15) is 5.26 Å². The number of H-pyrrole nitrogens is 1. The van der Waals surface area contributed by atoms with Gasteiger partial charge in [0.05, 0.1) is 30.9 Å². The van der Waals surface area contributed by atoms with Crippen molar-refractivity contribution in [2.75, 3.05) is 7.11 Å². The van der Waals surface area contributed by atoms with Gasteiger partial charge in [0, 0.05) is 16.8 Å². The number of ether oxygens (including phenoxy) is 1. The number of esters is 1. The van der Waals surface area contributed by atoms with Crippen LogP contribution in [-0.4, -0.2) is 23.0 Å². The van der Waals surface area contributed by atoms with Gasteiger partial charge in [-0.15, -0.1) is 0 Å². The molecule has 2 aromatic rings. The highest BCUT2D eigenvalue weighted by molar-refractivity contribution is 7.98. The fraction of sp³-hybridized carbons (Fsp3) is 0.200. The monoisotopic (exact) mass is 349 g/mol. The van der Waals surface area contributed by atoms with Crippen LogP contribution in [-0.2, 0) is 21.7 Å². The maximum absolute atomic E-state index is 11.6. The van der Waals surface area contributed by atoms with Crippen molar-refractivity contribution >= 4 is 29.3 Å². The lowest BCUT2D eigenvalue weighted by atomic mass is 10.1. The van der Waals surface area contributed by atoms with Crippen molar-refractivity contribution in [1.82, 2.24) is 9.97 Å². The summed E-state index contributed by atoms with van der Waals surface area (Å²) in [6.07, 6.45) is -0.0708. The lowest BCUT2D eigenvalue weighted by Crippen LogP contribution is -2.13. The fourth-order valence-corrected chi connectivity index (χ4v) is 2.91. The van der Waals surface area contributed by atoms with E-state index in [0.717, 1.165) is 5.56 Å². The number of rotatable bonds is 5. The molecular weight excluding hydrogens is 338 g/mol. The molecule has 0 aliphatic carbocycles. The smallest absolute Gasteiger partial charge is 0.311 e. The van der Waals surface area contributed by atoms with Gasteiger partial charge in [0.1, 0.15) is 0 Å². The Kier molecular flexibility index (Phi) is 5.79. The van der Waals surface area contributed by atoms with Crippen LogP contribution in [0.15, 0.2) is 34.2 Å². The van der Waals surface area contributed by atoms with Crippen LogP contribution in [0.25, 0.3) is 0 Å². The van der Waals surface area contributed by atoms with E-state index in [-0.39, 0.29) is 12.0 Å². The molecule has 1 aromatic heterocycles. The Morgan fingerprint density at radius 2 is 2.26 bits per heavy atom. The normalized spacial score (nSPS) is 10.1. The Hall–Kier alpha value is -2.30. The van der Waals surface area contributed by atoms with Crippen LogP contribution in [0.5, 0.6) is 0 Å². The summed E-state index contributed by atoms with van der Waals surface area (Å²) in [5.41, 5.74) is 1.25. The molecule has 8 heteroatoms. The molecule has 23 heavy (non-hydrogen) atoms. The van der Waals surface area contributed by atoms with Crippen LogP contribution in [0.4, 0.5) is 0 Å². The van der Waals surface area contributed by atoms with Crippen LogP contribution in [0, 0.1) is 11.3 Å². The molecule has 0 fully saturated rings. The third kappa shape index (κ3) is 4.84. The summed E-state index contributed by atoms with van der Waals surface area (Å²) in [5.74, 6) is -0.0392. The van der Waals surface area contributed by atoms with Gasteiger partial charge >= 0.3 is 5.97 Å². The molecule has 0 aliphatic rings. The number of thioether (sulfide) groups is 1. The first-order valence-electron chi connectivity index (χ1n) is 6.50. The summed E-state index contributed by atoms with van der Waals surface area (Å²) in [4.78, 5) is 29.7. The number of methoxy groups -OCH3 is 1. The fourth-order valence-electron chi connectivity index (χ4n) is 1.76. The Bertz CT molecular complexity index is 829. The van der Waals surface area contributed by atoms with Gasteiger partial charge in [-0.25, -0.2) is 4.98 Å². The number of halogens is 1. The standard InChI is InChI=1S/C15H12ClN3O3S/c1-22-14(21)6-11-5-13(20)19-15(18-11)23-8-10-4-9(7-17)2-3-12(10)16/h2-5H,6,8H2,1H3,(H,18,19,20). The largest absolute Gasteiger partial charge is 0.469 e. The van der Waals surface area contributed by atoms with Gasteiger partial charge in [0.25, 0.3) is 5.56 Å². The van der Waals surface area contributed by atoms with Gasteiger partial charge in [0.15, 0.2) is 5.16 Å². The summed E-state index contributed by atoms with van der Waals surface area (Å²) in [6.45, 7) is 0. The maximum Gasteiger partial charge on any atom is 0.311 e. The van der Waals surface area contributed by atoms with Gasteiger partial charge < -0.3 is 9.72 Å². The zero-order chi connectivity index (χ0) is 16.8. The summed E-state index contributed by atoms with van der Waals surface area (Å²) in [6, 6.07) is 8.27. The Labute approximate surface area is 141 Å². The van der Waals surface area contributed by atoms with Crippen molar-refractivity contribution in [2.45, 2.75) is 17.3 Å². The second kappa shape index (κ2) is 7.81. The van der Waals surface area contributed by atoms with E-state index >= 15 is 0 Å². The van der Waals surface area contributed by atoms with E-state index in [1.54, 1.807) is 18.2 Å². The quantitative estimate of drug-likeness (QED) is 0.505. The highest BCUT2D eigenvalue weighted by Crippen LogP contribution is 2.25. The van der Waals surface area contributed by atoms with Crippen molar-refractivity contribution in [3.63, 3.8) is 0 Å². The lowest BCUT2D eigenvalue weighted by molar-refractivity contribution is -0.139. The van der Waals surface area contributed by atoms with E-state index in [2.05, 4.69) is 14.7 Å². The number of benzene rings is 1. The molecule has 0 radical (unpaired) electrons. The number of carbonyl (C=O) groups excluding carboxylic acids is 1. The Morgan fingerprint density at radius 1 is 1.48 bits per heavy atom. The molecule has 0 unspecified atom stereocenters. The molecule has 118 valence electrons. The van der Waals surface area contributed by atoms with Crippen molar-refractivity contribution < 1.29 is 9.53 Å². The second-order valence-electron chi connectivity index (χ2n) is 4.50. The minimum Gasteiger partial charge on any atom is -0.469 e. The van der Waals surface area contributed by atoms with Crippen molar-refractivity contribution in [3.05, 3.63) is 56.5 Å². The molecule has 0 saturated heterocycles. The minimum atomic E-state index is -0.469. The molecule has 0 spiro atoms. The predicted molar refractivity (Wildman–Crippen MR) is 86.3 cm³/mol. The van der Waals surface area contributed by atoms with E-state index in [1.165, 1.54) is 24.9 Å². The van der Waals surface area contributed by atoms with Crippen LogP contribution in [0.3, 0.4) is 0 Å². The average Bonchev–Trinajstić information content (AvgIpc) is 2.53. The first-order chi connectivity index (χ1) is 11.0. The number of carbonyl (C=O) groups is 1. The van der Waals surface area contributed by atoms with Gasteiger partial charge in [-0.1, -0.05) is 23.4 Å². The highest BCUT2D eigenvalue weighted by atomic mass is 35.5. The van der Waals surface area contributed by atoms with E-state index in [4.69, 9.17) is 16.9 Å². The van der Waals surface area contributed by atoms with E-state index < -0.39 is 5.97 Å². The molecule has 1 N–H and O–H groups in total. The number of nitriles is 1. The minimum absolute atomic E-state index is 0.0708. The molecule has 0 aliphatic heterocycles. The number of aromatic nitrogens is 2. The van der Waals surface area contributed by atoms with Gasteiger partial charge in [-0.05, 0) is 23.8 Å². The second-order valence-corrected chi connectivity index (χ2v) is 5.87. The third-order valence-electron chi connectivity index (χ3n) is 2.87. The van der Waals surface area contributed by atoms with E-state index in [1.807, 2.05) is 6.07 Å². The number of nitrogens with zero attached hydrogens (tertiary/aromatic N) is 2. The van der Waals surface area contributed by atoms with Gasteiger partial charge in [0.2, 0.25) is 0 Å². The van der Waals surface area contributed by atoms with Crippen molar-refractivity contribution in [1.29, 1.82) is 5.26 Å². The zero-order valence-corrected chi connectivity index (χ0v) is 13.7. The van der Waals surface area contributed by atoms with E-state index in [9.17, 15) is 9.59 Å². The molecule has 2 rings (SSSR count). The van der Waals surface area contributed by atoms with Crippen LogP contribution in [0.1, 0.15) is 16.8 Å². The highest BCUT2D eigenvalue weighted by Gasteiger charge is 2.09. The maximum atomic E-state index is 11.6. The molecular formula is C15H12ClN3O3S. The van der Waals surface area contributed by atoms with Crippen LogP contribution < -0.4 is 5.56 Å². The average molecular weight is 350 g/mol. The number of nitrogens with one attached hydrogen (secondary N) is 1. The summed E-state index contributed by atoms with van der Waals surface area (Å²) >= 11 is 7.35. The van der Waals surface area contributed by atoms with Crippen molar-refractivity contribution in [3.8, 4) is 6.07 Å². The molecule has 0 saturated carbocycles. The summed E-state index contributed by atoms with van der Waals surface area (Å²) in [7, 11) is 1.27. The molecule has 0 amide bonds. The lowest BCUT2D eigenvalue weighted by Gasteiger charge is -2.06. The third-order valence-corrected chi connectivity index (χ3v) is 4.16. The molecule has 6 nitrogen and oxygen atoms in total. The topological polar surface area (TPSA) is 95.8 Å². The first kappa shape index (κ1) is 17.1. The summed E-state index contributed by atoms with van der Waals surface area (Å²) < 4.78 is 4.56. The molecule has 1 heterocycles. The SMILES string of the molecule is COC(=O)Cc1cc(=O)[nH]c(SCc2cc(C#N)ccc2Cl)n1. The number of hydrogen-bond donors (Lipinski definition) is 1. The van der Waals surface area contributed by atoms with Crippen LogP contribution >= 0.6 is 23.4 Å². The Morgan fingerprint density at radius 3 is 2.96 bits per heavy atom. The van der Waals surface area contributed by atoms with E-state index in [0.29, 0.717) is 27.2 Å². The molecule has 0 atom stereocenters. The number of hydrogen-bond acceptors (Lipinski definition) is 6. The number of aromatic amines is 1. The van der Waals surface area contributed by atoms with Gasteiger partial charge in [-0.3, -0.25) is 9.59 Å². The van der Waals surface area contributed by atoms with Crippen LogP contribution in [0.2, 0.25) is 5.02 Å². The molecule has 0 bridgehead atoms. The van der Waals surface area contributed by atoms with Crippen molar-refractivity contribution in [2.24, 2.45) is 0 Å². The zero-order valence-electron chi connectivity index (χ0n) is 12.1. The summed E-state index contributed by atoms with van der Waals surface area (Å²) in [5, 5.41) is 9.82. The predicted octanol–water partition coefficient (Wildman–Crippen LogP) is 2.30. The first-order valence-corrected chi connectivity index (χ1v) is 7.86. The molecule has 1 aromatic carbocycles. The Balaban J connectivity index is 2.16.